The Hall–Kier alpha value is -4.19. The van der Waals surface area contributed by atoms with Crippen molar-refractivity contribution in [2.75, 3.05) is 18.1 Å². The number of para-hydroxylation sites is 1. The lowest BCUT2D eigenvalue weighted by molar-refractivity contribution is -0.149. The van der Waals surface area contributed by atoms with Crippen LogP contribution < -0.4 is 9.64 Å². The summed E-state index contributed by atoms with van der Waals surface area (Å²) in [5, 5.41) is 12.1. The number of thiazole rings is 1. The molecule has 7 nitrogen and oxygen atoms in total. The van der Waals surface area contributed by atoms with E-state index in [-0.39, 0.29) is 12.3 Å². The molecule has 3 aromatic carbocycles. The molecule has 0 atom stereocenters. The van der Waals surface area contributed by atoms with Crippen LogP contribution in [-0.2, 0) is 20.9 Å². The first-order chi connectivity index (χ1) is 17.5. The Morgan fingerprint density at radius 3 is 2.44 bits per heavy atom. The number of amides is 1. The zero-order valence-electron chi connectivity index (χ0n) is 19.0. The van der Waals surface area contributed by atoms with Gasteiger partial charge >= 0.3 is 5.97 Å². The summed E-state index contributed by atoms with van der Waals surface area (Å²) in [5.41, 5.74) is 2.78. The van der Waals surface area contributed by atoms with Gasteiger partial charge in [-0.25, -0.2) is 9.78 Å². The van der Waals surface area contributed by atoms with Gasteiger partial charge in [-0.1, -0.05) is 66.2 Å². The van der Waals surface area contributed by atoms with Gasteiger partial charge in [-0.15, -0.1) is 11.3 Å². The number of carbonyl (C=O) groups is 2. The number of hydrogen-bond donors (Lipinski definition) is 0. The molecular weight excluding hydrogens is 498 g/mol. The van der Waals surface area contributed by atoms with Gasteiger partial charge in [-0.3, -0.25) is 9.69 Å². The van der Waals surface area contributed by atoms with E-state index in [2.05, 4.69) is 4.98 Å². The number of nitriles is 1. The van der Waals surface area contributed by atoms with Gasteiger partial charge < -0.3 is 9.47 Å². The molecule has 180 valence electrons. The molecule has 0 unspecified atom stereocenters. The number of hydrogen-bond acceptors (Lipinski definition) is 7. The van der Waals surface area contributed by atoms with Crippen LogP contribution in [0.25, 0.3) is 11.3 Å². The van der Waals surface area contributed by atoms with Gasteiger partial charge in [0.2, 0.25) is 0 Å². The average molecular weight is 518 g/mol. The number of benzene rings is 3. The monoisotopic (exact) mass is 517 g/mol. The number of rotatable bonds is 9. The summed E-state index contributed by atoms with van der Waals surface area (Å²) in [7, 11) is 0. The van der Waals surface area contributed by atoms with Crippen LogP contribution in [0, 0.1) is 11.3 Å². The Balaban J connectivity index is 1.44. The first kappa shape index (κ1) is 24.9. The van der Waals surface area contributed by atoms with Crippen LogP contribution in [-0.4, -0.2) is 30.1 Å². The Labute approximate surface area is 217 Å². The fraction of sp³-hybridized carbons (Fsp3) is 0.111. The number of esters is 1. The summed E-state index contributed by atoms with van der Waals surface area (Å²) in [4.78, 5) is 31.5. The summed E-state index contributed by atoms with van der Waals surface area (Å²) in [6.45, 7) is -0.649. The number of nitrogens with zero attached hydrogens (tertiary/aromatic N) is 3. The van der Waals surface area contributed by atoms with Gasteiger partial charge in [0.05, 0.1) is 17.8 Å². The minimum Gasteiger partial charge on any atom is -0.481 e. The van der Waals surface area contributed by atoms with Gasteiger partial charge in [-0.2, -0.15) is 5.26 Å². The van der Waals surface area contributed by atoms with Crippen molar-refractivity contribution in [1.29, 1.82) is 5.26 Å². The number of aromatic nitrogens is 1. The lowest BCUT2D eigenvalue weighted by Crippen LogP contribution is -2.34. The third-order valence-corrected chi connectivity index (χ3v) is 6.17. The summed E-state index contributed by atoms with van der Waals surface area (Å²) >= 11 is 7.30. The van der Waals surface area contributed by atoms with Crippen LogP contribution in [0.2, 0.25) is 5.02 Å². The molecule has 0 fully saturated rings. The highest BCUT2D eigenvalue weighted by molar-refractivity contribution is 7.14. The molecule has 0 aliphatic rings. The van der Waals surface area contributed by atoms with Gasteiger partial charge in [0.1, 0.15) is 11.8 Å². The van der Waals surface area contributed by atoms with E-state index in [0.29, 0.717) is 21.4 Å². The summed E-state index contributed by atoms with van der Waals surface area (Å²) in [6.07, 6.45) is 0. The zero-order valence-corrected chi connectivity index (χ0v) is 20.5. The largest absolute Gasteiger partial charge is 0.481 e. The predicted octanol–water partition coefficient (Wildman–Crippen LogP) is 5.49. The second-order valence-electron chi connectivity index (χ2n) is 7.55. The molecule has 0 saturated carbocycles. The highest BCUT2D eigenvalue weighted by atomic mass is 35.5. The number of halogens is 1. The van der Waals surface area contributed by atoms with Crippen molar-refractivity contribution in [3.8, 4) is 23.1 Å². The Kier molecular flexibility index (Phi) is 8.29. The highest BCUT2D eigenvalue weighted by Gasteiger charge is 2.22. The maximum atomic E-state index is 13.1. The van der Waals surface area contributed by atoms with Crippen molar-refractivity contribution in [3.63, 3.8) is 0 Å². The van der Waals surface area contributed by atoms with E-state index in [1.54, 1.807) is 36.4 Å². The average Bonchev–Trinajstić information content (AvgIpc) is 3.40. The first-order valence-corrected chi connectivity index (χ1v) is 12.1. The molecule has 1 amide bonds. The third kappa shape index (κ3) is 6.48. The summed E-state index contributed by atoms with van der Waals surface area (Å²) < 4.78 is 10.5. The topological polar surface area (TPSA) is 92.5 Å². The van der Waals surface area contributed by atoms with Crippen molar-refractivity contribution in [2.24, 2.45) is 0 Å². The second kappa shape index (κ2) is 12.0. The molecule has 0 spiro atoms. The van der Waals surface area contributed by atoms with E-state index in [0.717, 1.165) is 11.1 Å². The molecule has 4 rings (SSSR count). The molecule has 0 N–H and O–H groups in total. The standard InChI is InChI=1S/C27H20ClN3O4S/c28-22-12-10-20(11-13-22)23-18-36-27(30-23)31(15-19-6-2-1-3-7-19)25(32)16-35-26(33)17-34-24-9-5-4-8-21(24)14-29/h1-13,18H,15-17H2. The SMILES string of the molecule is N#Cc1ccccc1OCC(=O)OCC(=O)N(Cc1ccccc1)c1nc(-c2ccc(Cl)cc2)cs1. The minimum absolute atomic E-state index is 0.261. The lowest BCUT2D eigenvalue weighted by atomic mass is 10.2. The predicted molar refractivity (Wildman–Crippen MR) is 138 cm³/mol. The van der Waals surface area contributed by atoms with Gasteiger partial charge in [-0.05, 0) is 29.8 Å². The smallest absolute Gasteiger partial charge is 0.344 e. The Morgan fingerprint density at radius 2 is 1.69 bits per heavy atom. The molecule has 0 aliphatic carbocycles. The quantitative estimate of drug-likeness (QED) is 0.272. The molecule has 9 heteroatoms. The second-order valence-corrected chi connectivity index (χ2v) is 8.82. The van der Waals surface area contributed by atoms with E-state index in [1.165, 1.54) is 16.2 Å². The molecule has 4 aromatic rings. The Bertz CT molecular complexity index is 1380. The number of anilines is 1. The van der Waals surface area contributed by atoms with Crippen LogP contribution in [0.3, 0.4) is 0 Å². The fourth-order valence-electron chi connectivity index (χ4n) is 3.25. The molecule has 1 heterocycles. The number of ether oxygens (including phenoxy) is 2. The fourth-order valence-corrected chi connectivity index (χ4v) is 4.23. The van der Waals surface area contributed by atoms with E-state index in [1.807, 2.05) is 53.9 Å². The maximum Gasteiger partial charge on any atom is 0.344 e. The van der Waals surface area contributed by atoms with E-state index >= 15 is 0 Å². The Morgan fingerprint density at radius 1 is 0.972 bits per heavy atom. The van der Waals surface area contributed by atoms with Crippen molar-refractivity contribution < 1.29 is 19.1 Å². The van der Waals surface area contributed by atoms with E-state index in [4.69, 9.17) is 26.3 Å². The van der Waals surface area contributed by atoms with Gasteiger partial charge in [0.25, 0.3) is 5.91 Å². The van der Waals surface area contributed by atoms with Crippen LogP contribution in [0.5, 0.6) is 5.75 Å². The maximum absolute atomic E-state index is 13.1. The summed E-state index contributed by atoms with van der Waals surface area (Å²) in [6, 6.07) is 25.3. The van der Waals surface area contributed by atoms with Gasteiger partial charge in [0.15, 0.2) is 18.3 Å². The van der Waals surface area contributed by atoms with Crippen molar-refractivity contribution in [1.82, 2.24) is 4.98 Å². The summed E-state index contributed by atoms with van der Waals surface area (Å²) in [5.74, 6) is -0.884. The van der Waals surface area contributed by atoms with Crippen molar-refractivity contribution in [2.45, 2.75) is 6.54 Å². The minimum atomic E-state index is -0.725. The van der Waals surface area contributed by atoms with Crippen LogP contribution in [0.15, 0.2) is 84.2 Å². The third-order valence-electron chi connectivity index (χ3n) is 5.06. The van der Waals surface area contributed by atoms with Crippen molar-refractivity contribution >= 4 is 39.9 Å². The molecular formula is C27H20ClN3O4S. The number of carbonyl (C=O) groups excluding carboxylic acids is 2. The molecule has 0 aliphatic heterocycles. The zero-order chi connectivity index (χ0) is 25.3. The van der Waals surface area contributed by atoms with Gasteiger partial charge in [0, 0.05) is 16.0 Å². The lowest BCUT2D eigenvalue weighted by Gasteiger charge is -2.20. The van der Waals surface area contributed by atoms with Crippen molar-refractivity contribution in [3.05, 3.63) is 100 Å². The van der Waals surface area contributed by atoms with E-state index in [9.17, 15) is 9.59 Å². The molecule has 36 heavy (non-hydrogen) atoms. The van der Waals surface area contributed by atoms with Crippen LogP contribution >= 0.6 is 22.9 Å². The highest BCUT2D eigenvalue weighted by Crippen LogP contribution is 2.29. The normalized spacial score (nSPS) is 10.3. The first-order valence-electron chi connectivity index (χ1n) is 10.9. The molecule has 1 aromatic heterocycles. The molecule has 0 bridgehead atoms. The molecule has 0 saturated heterocycles. The molecule has 0 radical (unpaired) electrons. The van der Waals surface area contributed by atoms with E-state index < -0.39 is 25.1 Å². The van der Waals surface area contributed by atoms with Crippen LogP contribution in [0.4, 0.5) is 5.13 Å². The van der Waals surface area contributed by atoms with Crippen LogP contribution in [0.1, 0.15) is 11.1 Å².